The minimum absolute atomic E-state index is 0.359. The van der Waals surface area contributed by atoms with Gasteiger partial charge < -0.3 is 10.1 Å². The predicted octanol–water partition coefficient (Wildman–Crippen LogP) is -0.244. The Balaban J connectivity index is 2.67. The summed E-state index contributed by atoms with van der Waals surface area (Å²) in [6, 6.07) is 0. The summed E-state index contributed by atoms with van der Waals surface area (Å²) in [6.45, 7) is 4.99. The van der Waals surface area contributed by atoms with E-state index in [1.807, 2.05) is 0 Å². The highest BCUT2D eigenvalue weighted by atomic mass is 32.2. The van der Waals surface area contributed by atoms with Gasteiger partial charge >= 0.3 is 0 Å². The summed E-state index contributed by atoms with van der Waals surface area (Å²) in [6.07, 6.45) is 0. The quantitative estimate of drug-likeness (QED) is 0.657. The van der Waals surface area contributed by atoms with E-state index in [0.717, 1.165) is 6.54 Å². The van der Waals surface area contributed by atoms with Crippen molar-refractivity contribution >= 4 is 9.84 Å². The SMILES string of the molecule is CC(C)S(=O)(=O)C1CNCCO1. The number of morpholine rings is 1. The Hall–Kier alpha value is -0.130. The summed E-state index contributed by atoms with van der Waals surface area (Å²) < 4.78 is 28.2. The summed E-state index contributed by atoms with van der Waals surface area (Å²) >= 11 is 0. The monoisotopic (exact) mass is 193 g/mol. The molecule has 0 aromatic heterocycles. The van der Waals surface area contributed by atoms with E-state index in [1.54, 1.807) is 13.8 Å². The fraction of sp³-hybridized carbons (Fsp3) is 1.00. The van der Waals surface area contributed by atoms with Crippen LogP contribution in [0.1, 0.15) is 13.8 Å². The van der Waals surface area contributed by atoms with Crippen LogP contribution in [0.2, 0.25) is 0 Å². The van der Waals surface area contributed by atoms with Crippen LogP contribution in [0.25, 0.3) is 0 Å². The van der Waals surface area contributed by atoms with Crippen LogP contribution in [-0.2, 0) is 14.6 Å². The van der Waals surface area contributed by atoms with Crippen molar-refractivity contribution < 1.29 is 13.2 Å². The molecule has 0 saturated carbocycles. The summed E-state index contributed by atoms with van der Waals surface area (Å²) in [5, 5.41) is 2.63. The van der Waals surface area contributed by atoms with E-state index in [2.05, 4.69) is 5.32 Å². The zero-order valence-corrected chi connectivity index (χ0v) is 8.23. The minimum atomic E-state index is -3.08. The van der Waals surface area contributed by atoms with Gasteiger partial charge in [0.2, 0.25) is 0 Å². The second kappa shape index (κ2) is 3.72. The molecule has 1 heterocycles. The number of ether oxygens (including phenoxy) is 1. The molecule has 1 aliphatic heterocycles. The van der Waals surface area contributed by atoms with Crippen LogP contribution < -0.4 is 5.32 Å². The number of hydrogen-bond acceptors (Lipinski definition) is 4. The molecule has 0 radical (unpaired) electrons. The van der Waals surface area contributed by atoms with Crippen LogP contribution in [-0.4, -0.2) is 38.8 Å². The number of rotatable bonds is 2. The van der Waals surface area contributed by atoms with Crippen molar-refractivity contribution in [1.29, 1.82) is 0 Å². The molecule has 0 aromatic rings. The van der Waals surface area contributed by atoms with Crippen LogP contribution in [0, 0.1) is 0 Å². The van der Waals surface area contributed by atoms with Crippen LogP contribution >= 0.6 is 0 Å². The minimum Gasteiger partial charge on any atom is -0.360 e. The first-order valence-electron chi connectivity index (χ1n) is 4.10. The van der Waals surface area contributed by atoms with Crippen molar-refractivity contribution in [1.82, 2.24) is 5.32 Å². The Morgan fingerprint density at radius 2 is 2.17 bits per heavy atom. The first-order chi connectivity index (χ1) is 5.55. The maximum absolute atomic E-state index is 11.5. The molecule has 0 aliphatic carbocycles. The van der Waals surface area contributed by atoms with Crippen LogP contribution in [0.5, 0.6) is 0 Å². The lowest BCUT2D eigenvalue weighted by Gasteiger charge is -2.24. The number of nitrogens with one attached hydrogen (secondary N) is 1. The van der Waals surface area contributed by atoms with Crippen molar-refractivity contribution in [3.8, 4) is 0 Å². The molecule has 72 valence electrons. The third kappa shape index (κ3) is 1.97. The normalized spacial score (nSPS) is 26.1. The fourth-order valence-corrected chi connectivity index (χ4v) is 2.30. The molecule has 5 heteroatoms. The zero-order valence-electron chi connectivity index (χ0n) is 7.41. The molecule has 0 amide bonds. The van der Waals surface area contributed by atoms with Gasteiger partial charge in [-0.3, -0.25) is 0 Å². The maximum atomic E-state index is 11.5. The second-order valence-corrected chi connectivity index (χ2v) is 5.79. The largest absolute Gasteiger partial charge is 0.360 e. The van der Waals surface area contributed by atoms with E-state index in [0.29, 0.717) is 13.2 Å². The molecule has 12 heavy (non-hydrogen) atoms. The van der Waals surface area contributed by atoms with Crippen LogP contribution in [0.3, 0.4) is 0 Å². The van der Waals surface area contributed by atoms with E-state index >= 15 is 0 Å². The lowest BCUT2D eigenvalue weighted by molar-refractivity contribution is 0.0780. The van der Waals surface area contributed by atoms with E-state index in [1.165, 1.54) is 0 Å². The first kappa shape index (κ1) is 9.95. The van der Waals surface area contributed by atoms with Crippen molar-refractivity contribution in [2.45, 2.75) is 24.5 Å². The van der Waals surface area contributed by atoms with Gasteiger partial charge in [0.15, 0.2) is 15.3 Å². The number of hydrogen-bond donors (Lipinski definition) is 1. The van der Waals surface area contributed by atoms with Crippen molar-refractivity contribution in [2.24, 2.45) is 0 Å². The zero-order chi connectivity index (χ0) is 9.19. The Labute approximate surface area is 73.2 Å². The molecule has 1 aliphatic rings. The highest BCUT2D eigenvalue weighted by molar-refractivity contribution is 7.92. The third-order valence-electron chi connectivity index (χ3n) is 1.92. The highest BCUT2D eigenvalue weighted by Gasteiger charge is 2.30. The molecule has 1 atom stereocenters. The van der Waals surface area contributed by atoms with Gasteiger partial charge in [0, 0.05) is 13.1 Å². The molecular formula is C7H15NO3S. The lowest BCUT2D eigenvalue weighted by Crippen LogP contribution is -2.45. The highest BCUT2D eigenvalue weighted by Crippen LogP contribution is 2.11. The van der Waals surface area contributed by atoms with Gasteiger partial charge in [-0.15, -0.1) is 0 Å². The fourth-order valence-electron chi connectivity index (χ4n) is 1.06. The van der Waals surface area contributed by atoms with Gasteiger partial charge in [-0.05, 0) is 13.8 Å². The van der Waals surface area contributed by atoms with Gasteiger partial charge in [0.05, 0.1) is 11.9 Å². The van der Waals surface area contributed by atoms with Crippen molar-refractivity contribution in [3.05, 3.63) is 0 Å². The molecule has 0 aromatic carbocycles. The Morgan fingerprint density at radius 3 is 2.58 bits per heavy atom. The van der Waals surface area contributed by atoms with Gasteiger partial charge in [-0.1, -0.05) is 0 Å². The van der Waals surface area contributed by atoms with Crippen LogP contribution in [0.15, 0.2) is 0 Å². The molecule has 1 saturated heterocycles. The van der Waals surface area contributed by atoms with Crippen LogP contribution in [0.4, 0.5) is 0 Å². The third-order valence-corrected chi connectivity index (χ3v) is 4.27. The summed E-state index contributed by atoms with van der Waals surface area (Å²) in [4.78, 5) is 0. The predicted molar refractivity (Wildman–Crippen MR) is 46.7 cm³/mol. The van der Waals surface area contributed by atoms with Gasteiger partial charge in [0.1, 0.15) is 0 Å². The molecule has 0 spiro atoms. The average molecular weight is 193 g/mol. The lowest BCUT2D eigenvalue weighted by atomic mass is 10.5. The number of sulfone groups is 1. The molecular weight excluding hydrogens is 178 g/mol. The smallest absolute Gasteiger partial charge is 0.180 e. The molecule has 1 fully saturated rings. The van der Waals surface area contributed by atoms with E-state index in [-0.39, 0.29) is 5.25 Å². The standard InChI is InChI=1S/C7H15NO3S/c1-6(2)12(9,10)7-5-8-3-4-11-7/h6-8H,3-5H2,1-2H3. The topological polar surface area (TPSA) is 55.4 Å². The molecule has 0 bridgehead atoms. The molecule has 1 unspecified atom stereocenters. The summed E-state index contributed by atoms with van der Waals surface area (Å²) in [7, 11) is -3.08. The van der Waals surface area contributed by atoms with Gasteiger partial charge in [0.25, 0.3) is 0 Å². The Morgan fingerprint density at radius 1 is 1.50 bits per heavy atom. The summed E-state index contributed by atoms with van der Waals surface area (Å²) in [5.41, 5.74) is -0.647. The Kier molecular flexibility index (Phi) is 3.09. The van der Waals surface area contributed by atoms with Gasteiger partial charge in [-0.25, -0.2) is 8.42 Å². The molecule has 1 N–H and O–H groups in total. The second-order valence-electron chi connectivity index (χ2n) is 3.14. The summed E-state index contributed by atoms with van der Waals surface area (Å²) in [5.74, 6) is 0. The van der Waals surface area contributed by atoms with Gasteiger partial charge in [-0.2, -0.15) is 0 Å². The average Bonchev–Trinajstić information content (AvgIpc) is 2.06. The van der Waals surface area contributed by atoms with Crippen molar-refractivity contribution in [2.75, 3.05) is 19.7 Å². The van der Waals surface area contributed by atoms with E-state index < -0.39 is 15.3 Å². The maximum Gasteiger partial charge on any atom is 0.180 e. The first-order valence-corrected chi connectivity index (χ1v) is 5.71. The molecule has 4 nitrogen and oxygen atoms in total. The van der Waals surface area contributed by atoms with E-state index in [9.17, 15) is 8.42 Å². The van der Waals surface area contributed by atoms with E-state index in [4.69, 9.17) is 4.74 Å². The van der Waals surface area contributed by atoms with Crippen molar-refractivity contribution in [3.63, 3.8) is 0 Å². The molecule has 1 rings (SSSR count). The Bertz CT molecular complexity index is 229.